The molecule has 1 N–H and O–H groups in total. The first kappa shape index (κ1) is 29.5. The number of methoxy groups -OCH3 is 1. The third-order valence-electron chi connectivity index (χ3n) is 7.34. The molecule has 0 unspecified atom stereocenters. The number of likely N-dealkylation sites (N-methyl/N-ethyl adjacent to an activating group) is 1. The van der Waals surface area contributed by atoms with Crippen LogP contribution in [0.25, 0.3) is 0 Å². The zero-order chi connectivity index (χ0) is 26.5. The maximum Gasteiger partial charge on any atom is 0.243 e. The molecule has 0 spiro atoms. The van der Waals surface area contributed by atoms with Gasteiger partial charge >= 0.3 is 0 Å². The standard InChI is InChI=1S/C28H44FN3O5/c1-4-28(33)30-8-11-35-13-15-37-16-14-36-12-10-32-9-7-23-17-22(20-31(2)27(23)21-32)18-24-19-25(34-3)5-6-26(24)29/h4-6,19,22-23,27H,1,7-18,20-21H2,2-3H3,(H,30,33)/t22-,23-,27+/m1/s1. The van der Waals surface area contributed by atoms with Crippen molar-refractivity contribution in [2.75, 3.05) is 86.5 Å². The molecule has 1 aromatic rings. The molecular formula is C28H44FN3O5. The lowest BCUT2D eigenvalue weighted by Crippen LogP contribution is -2.56. The third kappa shape index (κ3) is 9.98. The fourth-order valence-electron chi connectivity index (χ4n) is 5.42. The van der Waals surface area contributed by atoms with E-state index in [2.05, 4.69) is 28.7 Å². The molecule has 3 atom stereocenters. The highest BCUT2D eigenvalue weighted by Crippen LogP contribution is 2.35. The summed E-state index contributed by atoms with van der Waals surface area (Å²) in [7, 11) is 3.84. The number of halogens is 1. The Balaban J connectivity index is 1.24. The van der Waals surface area contributed by atoms with E-state index in [9.17, 15) is 9.18 Å². The molecule has 0 aliphatic carbocycles. The minimum Gasteiger partial charge on any atom is -0.497 e. The highest BCUT2D eigenvalue weighted by atomic mass is 19.1. The predicted octanol–water partition coefficient (Wildman–Crippen LogP) is 2.37. The first-order chi connectivity index (χ1) is 18.0. The van der Waals surface area contributed by atoms with Crippen LogP contribution in [0.2, 0.25) is 0 Å². The van der Waals surface area contributed by atoms with E-state index in [1.807, 2.05) is 6.07 Å². The normalized spacial score (nSPS) is 22.4. The van der Waals surface area contributed by atoms with Gasteiger partial charge in [0.15, 0.2) is 0 Å². The number of nitrogens with one attached hydrogen (secondary N) is 1. The number of amides is 1. The van der Waals surface area contributed by atoms with Gasteiger partial charge in [0.25, 0.3) is 0 Å². The van der Waals surface area contributed by atoms with Gasteiger partial charge in [0, 0.05) is 32.2 Å². The number of likely N-dealkylation sites (tertiary alicyclic amines) is 2. The largest absolute Gasteiger partial charge is 0.497 e. The smallest absolute Gasteiger partial charge is 0.243 e. The quantitative estimate of drug-likeness (QED) is 0.265. The number of hydrogen-bond donors (Lipinski definition) is 1. The van der Waals surface area contributed by atoms with Crippen LogP contribution >= 0.6 is 0 Å². The van der Waals surface area contributed by atoms with Crippen LogP contribution in [-0.2, 0) is 25.4 Å². The number of benzene rings is 1. The second-order valence-electron chi connectivity index (χ2n) is 9.95. The zero-order valence-electron chi connectivity index (χ0n) is 22.5. The lowest BCUT2D eigenvalue weighted by molar-refractivity contribution is -0.116. The molecule has 3 rings (SSSR count). The van der Waals surface area contributed by atoms with Crippen molar-refractivity contribution in [2.24, 2.45) is 11.8 Å². The van der Waals surface area contributed by atoms with Crippen LogP contribution in [0.3, 0.4) is 0 Å². The van der Waals surface area contributed by atoms with Crippen molar-refractivity contribution in [1.82, 2.24) is 15.1 Å². The second kappa shape index (κ2) is 16.0. The molecule has 2 heterocycles. The van der Waals surface area contributed by atoms with Crippen LogP contribution in [0.1, 0.15) is 18.4 Å². The Morgan fingerprint density at radius 1 is 1.14 bits per heavy atom. The van der Waals surface area contributed by atoms with E-state index in [0.29, 0.717) is 64.1 Å². The Morgan fingerprint density at radius 2 is 1.86 bits per heavy atom. The van der Waals surface area contributed by atoms with E-state index < -0.39 is 0 Å². The highest BCUT2D eigenvalue weighted by molar-refractivity contribution is 5.86. The Kier molecular flexibility index (Phi) is 12.8. The molecule has 0 bridgehead atoms. The van der Waals surface area contributed by atoms with E-state index in [1.54, 1.807) is 13.2 Å². The van der Waals surface area contributed by atoms with Crippen LogP contribution in [0, 0.1) is 17.7 Å². The van der Waals surface area contributed by atoms with Crippen molar-refractivity contribution in [3.8, 4) is 5.75 Å². The molecule has 0 aromatic heterocycles. The summed E-state index contributed by atoms with van der Waals surface area (Å²) in [5.74, 6) is 1.51. The van der Waals surface area contributed by atoms with Crippen LogP contribution in [0.4, 0.5) is 4.39 Å². The fourth-order valence-corrected chi connectivity index (χ4v) is 5.42. The number of carbonyl (C=O) groups excluding carboxylic acids is 1. The number of fused-ring (bicyclic) bond motifs is 1. The highest BCUT2D eigenvalue weighted by Gasteiger charge is 2.38. The summed E-state index contributed by atoms with van der Waals surface area (Å²) in [5.41, 5.74) is 0.761. The van der Waals surface area contributed by atoms with Gasteiger partial charge in [-0.3, -0.25) is 9.69 Å². The molecule has 0 radical (unpaired) electrons. The first-order valence-corrected chi connectivity index (χ1v) is 13.4. The Labute approximate surface area is 221 Å². The maximum atomic E-state index is 14.4. The van der Waals surface area contributed by atoms with Crippen molar-refractivity contribution in [3.05, 3.63) is 42.2 Å². The Bertz CT molecular complexity index is 842. The molecule has 1 amide bonds. The van der Waals surface area contributed by atoms with Gasteiger partial charge in [-0.25, -0.2) is 4.39 Å². The molecule has 2 aliphatic rings. The number of rotatable bonds is 16. The second-order valence-corrected chi connectivity index (χ2v) is 9.95. The molecule has 0 saturated carbocycles. The Hall–Kier alpha value is -2.04. The van der Waals surface area contributed by atoms with Gasteiger partial charge in [0.1, 0.15) is 11.6 Å². The Morgan fingerprint density at radius 3 is 2.59 bits per heavy atom. The minimum absolute atomic E-state index is 0.134. The molecule has 9 heteroatoms. The number of piperidine rings is 2. The maximum absolute atomic E-state index is 14.4. The molecular weight excluding hydrogens is 477 g/mol. The van der Waals surface area contributed by atoms with E-state index >= 15 is 0 Å². The van der Waals surface area contributed by atoms with Gasteiger partial charge in [0.05, 0.1) is 46.8 Å². The van der Waals surface area contributed by atoms with Crippen molar-refractivity contribution >= 4 is 5.91 Å². The zero-order valence-corrected chi connectivity index (χ0v) is 22.5. The van der Waals surface area contributed by atoms with Crippen molar-refractivity contribution < 1.29 is 28.1 Å². The van der Waals surface area contributed by atoms with Gasteiger partial charge in [-0.15, -0.1) is 0 Å². The number of hydrogen-bond acceptors (Lipinski definition) is 7. The average molecular weight is 522 g/mol. The van der Waals surface area contributed by atoms with E-state index in [-0.39, 0.29) is 11.7 Å². The summed E-state index contributed by atoms with van der Waals surface area (Å²) in [4.78, 5) is 16.0. The van der Waals surface area contributed by atoms with Gasteiger partial charge in [-0.1, -0.05) is 6.58 Å². The molecule has 208 valence electrons. The first-order valence-electron chi connectivity index (χ1n) is 13.4. The third-order valence-corrected chi connectivity index (χ3v) is 7.34. The van der Waals surface area contributed by atoms with Gasteiger partial charge in [0.2, 0.25) is 5.91 Å². The summed E-state index contributed by atoms with van der Waals surface area (Å²) in [6.07, 6.45) is 4.33. The van der Waals surface area contributed by atoms with Crippen LogP contribution in [-0.4, -0.2) is 108 Å². The SMILES string of the molecule is C=CC(=O)NCCOCCOCCOCCN1CC[C@@H]2C[C@H](Cc3cc(OC)ccc3F)CN(C)[C@H]2C1. The van der Waals surface area contributed by atoms with Crippen LogP contribution < -0.4 is 10.1 Å². The molecule has 1 aromatic carbocycles. The summed E-state index contributed by atoms with van der Waals surface area (Å²) >= 11 is 0. The molecule has 2 saturated heterocycles. The monoisotopic (exact) mass is 521 g/mol. The summed E-state index contributed by atoms with van der Waals surface area (Å²) in [6, 6.07) is 5.59. The number of carbonyl (C=O) groups is 1. The fraction of sp³-hybridized carbons (Fsp3) is 0.679. The van der Waals surface area contributed by atoms with Crippen LogP contribution in [0.15, 0.2) is 30.9 Å². The van der Waals surface area contributed by atoms with Gasteiger partial charge in [-0.05, 0) is 74.5 Å². The van der Waals surface area contributed by atoms with Gasteiger partial charge < -0.3 is 29.2 Å². The average Bonchev–Trinajstić information content (AvgIpc) is 2.90. The number of nitrogens with zero attached hydrogens (tertiary/aromatic N) is 2. The van der Waals surface area contributed by atoms with Crippen LogP contribution in [0.5, 0.6) is 5.75 Å². The van der Waals surface area contributed by atoms with E-state index in [0.717, 1.165) is 50.3 Å². The van der Waals surface area contributed by atoms with Gasteiger partial charge in [-0.2, -0.15) is 0 Å². The molecule has 2 aliphatic heterocycles. The summed E-state index contributed by atoms with van der Waals surface area (Å²) in [5, 5.41) is 2.65. The molecule has 8 nitrogen and oxygen atoms in total. The number of ether oxygens (including phenoxy) is 4. The van der Waals surface area contributed by atoms with Crippen molar-refractivity contribution in [1.29, 1.82) is 0 Å². The van der Waals surface area contributed by atoms with Crippen molar-refractivity contribution in [3.63, 3.8) is 0 Å². The van der Waals surface area contributed by atoms with E-state index in [4.69, 9.17) is 18.9 Å². The lowest BCUT2D eigenvalue weighted by Gasteiger charge is -2.48. The van der Waals surface area contributed by atoms with Crippen molar-refractivity contribution in [2.45, 2.75) is 25.3 Å². The molecule has 37 heavy (non-hydrogen) atoms. The lowest BCUT2D eigenvalue weighted by atomic mass is 9.77. The predicted molar refractivity (Wildman–Crippen MR) is 141 cm³/mol. The van der Waals surface area contributed by atoms with E-state index in [1.165, 1.54) is 18.6 Å². The summed E-state index contributed by atoms with van der Waals surface area (Å²) in [6.45, 7) is 11.2. The molecule has 2 fully saturated rings. The minimum atomic E-state index is -0.195. The topological polar surface area (TPSA) is 72.5 Å². The summed E-state index contributed by atoms with van der Waals surface area (Å²) < 4.78 is 36.3.